The Morgan fingerprint density at radius 1 is 0.957 bits per heavy atom. The predicted octanol–water partition coefficient (Wildman–Crippen LogP) is 3.89. The minimum absolute atomic E-state index is 0.132. The molecular formula is C17H11ClF2N2O. The van der Waals surface area contributed by atoms with Crippen LogP contribution >= 0.6 is 11.6 Å². The summed E-state index contributed by atoms with van der Waals surface area (Å²) in [5.74, 6) is -0.975. The van der Waals surface area contributed by atoms with Gasteiger partial charge in [-0.1, -0.05) is 29.8 Å². The molecule has 1 heterocycles. The van der Waals surface area contributed by atoms with Crippen LogP contribution in [0.5, 0.6) is 0 Å². The Labute approximate surface area is 135 Å². The summed E-state index contributed by atoms with van der Waals surface area (Å²) in [6.07, 6.45) is 0. The Kier molecular flexibility index (Phi) is 4.21. The normalized spacial score (nSPS) is 10.7. The lowest BCUT2D eigenvalue weighted by Gasteiger charge is -2.10. The third-order valence-electron chi connectivity index (χ3n) is 3.39. The largest absolute Gasteiger partial charge is 0.268 e. The van der Waals surface area contributed by atoms with Crippen LogP contribution in [0.25, 0.3) is 11.3 Å². The molecule has 0 atom stereocenters. The molecule has 0 fully saturated rings. The summed E-state index contributed by atoms with van der Waals surface area (Å²) < 4.78 is 28.8. The number of hydrogen-bond acceptors (Lipinski definition) is 2. The van der Waals surface area contributed by atoms with Crippen molar-refractivity contribution in [3.05, 3.63) is 87.2 Å². The highest BCUT2D eigenvalue weighted by Gasteiger charge is 2.12. The topological polar surface area (TPSA) is 34.9 Å². The van der Waals surface area contributed by atoms with E-state index in [0.29, 0.717) is 0 Å². The highest BCUT2D eigenvalue weighted by Crippen LogP contribution is 2.21. The van der Waals surface area contributed by atoms with Crippen molar-refractivity contribution >= 4 is 11.6 Å². The van der Waals surface area contributed by atoms with E-state index in [4.69, 9.17) is 11.6 Å². The van der Waals surface area contributed by atoms with Gasteiger partial charge in [0.2, 0.25) is 0 Å². The summed E-state index contributed by atoms with van der Waals surface area (Å²) in [6.45, 7) is -0.132. The zero-order valence-electron chi connectivity index (χ0n) is 11.8. The van der Waals surface area contributed by atoms with Gasteiger partial charge in [-0.05, 0) is 30.3 Å². The first-order valence-corrected chi connectivity index (χ1v) is 7.20. The van der Waals surface area contributed by atoms with E-state index in [2.05, 4.69) is 5.10 Å². The lowest BCUT2D eigenvalue weighted by Crippen LogP contribution is -2.23. The van der Waals surface area contributed by atoms with Gasteiger partial charge in [0, 0.05) is 22.2 Å². The molecule has 1 aromatic heterocycles. The minimum Gasteiger partial charge on any atom is -0.268 e. The average molecular weight is 333 g/mol. The molecule has 0 aliphatic heterocycles. The number of nitrogens with zero attached hydrogens (tertiary/aromatic N) is 2. The maximum Gasteiger partial charge on any atom is 0.267 e. The van der Waals surface area contributed by atoms with Gasteiger partial charge in [0.15, 0.2) is 0 Å². The number of halogens is 3. The highest BCUT2D eigenvalue weighted by molar-refractivity contribution is 6.31. The number of hydrogen-bond donors (Lipinski definition) is 0. The summed E-state index contributed by atoms with van der Waals surface area (Å²) in [4.78, 5) is 12.0. The average Bonchev–Trinajstić information content (AvgIpc) is 2.53. The Bertz CT molecular complexity index is 904. The van der Waals surface area contributed by atoms with Crippen molar-refractivity contribution in [2.24, 2.45) is 0 Å². The Morgan fingerprint density at radius 3 is 2.43 bits per heavy atom. The molecule has 3 nitrogen and oxygen atoms in total. The second-order valence-corrected chi connectivity index (χ2v) is 5.30. The monoisotopic (exact) mass is 332 g/mol. The molecule has 0 spiro atoms. The van der Waals surface area contributed by atoms with Crippen molar-refractivity contribution in [2.75, 3.05) is 0 Å². The molecule has 0 saturated carbocycles. The van der Waals surface area contributed by atoms with Crippen molar-refractivity contribution in [2.45, 2.75) is 6.54 Å². The smallest absolute Gasteiger partial charge is 0.267 e. The summed E-state index contributed by atoms with van der Waals surface area (Å²) in [7, 11) is 0. The van der Waals surface area contributed by atoms with Crippen LogP contribution in [0.15, 0.2) is 59.4 Å². The summed E-state index contributed by atoms with van der Waals surface area (Å²) in [5, 5.41) is 4.32. The molecule has 0 amide bonds. The molecule has 3 aromatic rings. The number of aromatic nitrogens is 2. The number of rotatable bonds is 3. The zero-order chi connectivity index (χ0) is 16.4. The Hall–Kier alpha value is -2.53. The summed E-state index contributed by atoms with van der Waals surface area (Å²) in [6, 6.07) is 13.1. The van der Waals surface area contributed by atoms with Gasteiger partial charge in [0.25, 0.3) is 5.56 Å². The van der Waals surface area contributed by atoms with Gasteiger partial charge in [0.05, 0.1) is 12.2 Å². The van der Waals surface area contributed by atoms with Crippen molar-refractivity contribution in [1.82, 2.24) is 9.78 Å². The summed E-state index contributed by atoms with van der Waals surface area (Å²) >= 11 is 5.97. The molecule has 0 saturated heterocycles. The van der Waals surface area contributed by atoms with Crippen molar-refractivity contribution in [3.63, 3.8) is 0 Å². The van der Waals surface area contributed by atoms with Crippen molar-refractivity contribution in [1.29, 1.82) is 0 Å². The third-order valence-corrected chi connectivity index (χ3v) is 3.74. The van der Waals surface area contributed by atoms with Crippen LogP contribution in [0.4, 0.5) is 8.78 Å². The van der Waals surface area contributed by atoms with Crippen LogP contribution in [-0.2, 0) is 6.54 Å². The standard InChI is InChI=1S/C17H11ClF2N2O/c18-13-5-3-7-15(20)12(13)10-22-17(23)9-8-16(21-22)11-4-1-2-6-14(11)19/h1-9H,10H2. The summed E-state index contributed by atoms with van der Waals surface area (Å²) in [5.41, 5.74) is 0.287. The number of benzene rings is 2. The minimum atomic E-state index is -0.525. The second-order valence-electron chi connectivity index (χ2n) is 4.89. The molecule has 0 unspecified atom stereocenters. The van der Waals surface area contributed by atoms with Gasteiger partial charge in [-0.3, -0.25) is 4.79 Å². The van der Waals surface area contributed by atoms with Gasteiger partial charge in [0.1, 0.15) is 11.6 Å². The fourth-order valence-corrected chi connectivity index (χ4v) is 2.43. The van der Waals surface area contributed by atoms with Crippen molar-refractivity contribution < 1.29 is 8.78 Å². The van der Waals surface area contributed by atoms with Crippen LogP contribution in [0, 0.1) is 11.6 Å². The van der Waals surface area contributed by atoms with Crippen LogP contribution in [0.1, 0.15) is 5.56 Å². The lowest BCUT2D eigenvalue weighted by atomic mass is 10.1. The molecule has 116 valence electrons. The van der Waals surface area contributed by atoms with Crippen LogP contribution in [0.2, 0.25) is 5.02 Å². The first-order chi connectivity index (χ1) is 11.1. The van der Waals surface area contributed by atoms with Gasteiger partial charge < -0.3 is 0 Å². The van der Waals surface area contributed by atoms with Crippen LogP contribution < -0.4 is 5.56 Å². The molecule has 0 aliphatic carbocycles. The van der Waals surface area contributed by atoms with Gasteiger partial charge >= 0.3 is 0 Å². The van der Waals surface area contributed by atoms with E-state index in [1.54, 1.807) is 18.2 Å². The molecule has 3 rings (SSSR count). The molecule has 2 aromatic carbocycles. The fourth-order valence-electron chi connectivity index (χ4n) is 2.21. The molecule has 0 bridgehead atoms. The zero-order valence-corrected chi connectivity index (χ0v) is 12.6. The SMILES string of the molecule is O=c1ccc(-c2ccccc2F)nn1Cc1c(F)cccc1Cl. The Morgan fingerprint density at radius 2 is 1.70 bits per heavy atom. The maximum absolute atomic E-state index is 13.9. The van der Waals surface area contributed by atoms with Crippen molar-refractivity contribution in [3.8, 4) is 11.3 Å². The van der Waals surface area contributed by atoms with Crippen LogP contribution in [-0.4, -0.2) is 9.78 Å². The predicted molar refractivity (Wildman–Crippen MR) is 84.4 cm³/mol. The lowest BCUT2D eigenvalue weighted by molar-refractivity contribution is 0.572. The van der Waals surface area contributed by atoms with E-state index in [0.717, 1.165) is 4.68 Å². The van der Waals surface area contributed by atoms with Crippen LogP contribution in [0.3, 0.4) is 0 Å². The van der Waals surface area contributed by atoms with E-state index in [1.807, 2.05) is 0 Å². The maximum atomic E-state index is 13.9. The molecule has 0 N–H and O–H groups in total. The molecular weight excluding hydrogens is 322 g/mol. The van der Waals surface area contributed by atoms with Gasteiger partial charge in [-0.2, -0.15) is 5.10 Å². The van der Waals surface area contributed by atoms with E-state index in [-0.39, 0.29) is 28.4 Å². The quantitative estimate of drug-likeness (QED) is 0.729. The highest BCUT2D eigenvalue weighted by atomic mass is 35.5. The third kappa shape index (κ3) is 3.14. The van der Waals surface area contributed by atoms with E-state index in [9.17, 15) is 13.6 Å². The van der Waals surface area contributed by atoms with E-state index in [1.165, 1.54) is 36.4 Å². The second kappa shape index (κ2) is 6.30. The van der Waals surface area contributed by atoms with Gasteiger partial charge in [-0.15, -0.1) is 0 Å². The molecule has 23 heavy (non-hydrogen) atoms. The molecule has 0 radical (unpaired) electrons. The molecule has 6 heteroatoms. The first-order valence-electron chi connectivity index (χ1n) is 6.82. The van der Waals surface area contributed by atoms with E-state index < -0.39 is 17.2 Å². The first kappa shape index (κ1) is 15.4. The van der Waals surface area contributed by atoms with E-state index >= 15 is 0 Å². The molecule has 0 aliphatic rings. The Balaban J connectivity index is 2.06. The van der Waals surface area contributed by atoms with Gasteiger partial charge in [-0.25, -0.2) is 13.5 Å². The fraction of sp³-hybridized carbons (Fsp3) is 0.0588.